The molecule has 84 valence electrons. The Bertz CT molecular complexity index is 470. The van der Waals surface area contributed by atoms with Crippen LogP contribution in [0.4, 0.5) is 5.13 Å². The number of nitrogens with one attached hydrogen (secondary N) is 1. The average molecular weight is 235 g/mol. The van der Waals surface area contributed by atoms with Crippen LogP contribution in [0, 0.1) is 0 Å². The number of hydrogen-bond acceptors (Lipinski definition) is 5. The molecule has 4 nitrogen and oxygen atoms in total. The molecule has 5 heteroatoms. The zero-order valence-corrected chi connectivity index (χ0v) is 10.0. The zero-order chi connectivity index (χ0) is 11.4. The van der Waals surface area contributed by atoms with Gasteiger partial charge < -0.3 is 10.1 Å². The van der Waals surface area contributed by atoms with E-state index in [1.165, 1.54) is 11.5 Å². The molecule has 1 N–H and O–H groups in total. The first-order valence-electron chi connectivity index (χ1n) is 5.08. The van der Waals surface area contributed by atoms with Crippen molar-refractivity contribution in [2.24, 2.45) is 0 Å². The minimum absolute atomic E-state index is 0.639. The number of hydrogen-bond donors (Lipinski definition) is 1. The van der Waals surface area contributed by atoms with Gasteiger partial charge in [-0.15, -0.1) is 0 Å². The van der Waals surface area contributed by atoms with E-state index in [-0.39, 0.29) is 0 Å². The molecule has 0 aliphatic carbocycles. The van der Waals surface area contributed by atoms with E-state index in [4.69, 9.17) is 4.74 Å². The molecule has 0 aliphatic heterocycles. The Kier molecular flexibility index (Phi) is 3.36. The van der Waals surface area contributed by atoms with Crippen LogP contribution in [-0.4, -0.2) is 23.0 Å². The Morgan fingerprint density at radius 2 is 2.19 bits per heavy atom. The van der Waals surface area contributed by atoms with Gasteiger partial charge in [0.25, 0.3) is 0 Å². The molecule has 1 aromatic carbocycles. The summed E-state index contributed by atoms with van der Waals surface area (Å²) < 4.78 is 9.83. The summed E-state index contributed by atoms with van der Waals surface area (Å²) in [4.78, 5) is 4.36. The van der Waals surface area contributed by atoms with E-state index < -0.39 is 0 Å². The van der Waals surface area contributed by atoms with Crippen molar-refractivity contribution in [3.8, 4) is 17.1 Å². The summed E-state index contributed by atoms with van der Waals surface area (Å²) >= 11 is 1.34. The van der Waals surface area contributed by atoms with Gasteiger partial charge in [-0.2, -0.15) is 9.36 Å². The molecule has 16 heavy (non-hydrogen) atoms. The van der Waals surface area contributed by atoms with Crippen molar-refractivity contribution in [3.63, 3.8) is 0 Å². The van der Waals surface area contributed by atoms with Crippen LogP contribution in [0.25, 0.3) is 11.4 Å². The van der Waals surface area contributed by atoms with Crippen molar-refractivity contribution in [1.29, 1.82) is 0 Å². The van der Waals surface area contributed by atoms with Gasteiger partial charge in [0.05, 0.1) is 12.2 Å². The molecular weight excluding hydrogens is 222 g/mol. The van der Waals surface area contributed by atoms with Crippen molar-refractivity contribution in [2.45, 2.75) is 6.92 Å². The van der Waals surface area contributed by atoms with Gasteiger partial charge in [-0.05, 0) is 19.1 Å². The van der Waals surface area contributed by atoms with Crippen molar-refractivity contribution < 1.29 is 4.74 Å². The second-order valence-corrected chi connectivity index (χ2v) is 3.85. The number of para-hydroxylation sites is 1. The van der Waals surface area contributed by atoms with Crippen LogP contribution >= 0.6 is 11.5 Å². The third-order valence-corrected chi connectivity index (χ3v) is 2.80. The van der Waals surface area contributed by atoms with Crippen molar-refractivity contribution in [2.75, 3.05) is 19.0 Å². The Morgan fingerprint density at radius 1 is 1.38 bits per heavy atom. The maximum Gasteiger partial charge on any atom is 0.202 e. The highest BCUT2D eigenvalue weighted by molar-refractivity contribution is 7.09. The van der Waals surface area contributed by atoms with Gasteiger partial charge in [0.2, 0.25) is 5.13 Å². The van der Waals surface area contributed by atoms with Crippen LogP contribution < -0.4 is 10.1 Å². The molecule has 1 aromatic heterocycles. The quantitative estimate of drug-likeness (QED) is 0.885. The summed E-state index contributed by atoms with van der Waals surface area (Å²) in [6.07, 6.45) is 0. The number of anilines is 1. The fourth-order valence-corrected chi connectivity index (χ4v) is 1.90. The van der Waals surface area contributed by atoms with Gasteiger partial charge in [-0.3, -0.25) is 0 Å². The van der Waals surface area contributed by atoms with Crippen LogP contribution in [0.2, 0.25) is 0 Å². The largest absolute Gasteiger partial charge is 0.493 e. The molecule has 0 spiro atoms. The van der Waals surface area contributed by atoms with Gasteiger partial charge in [0, 0.05) is 18.6 Å². The summed E-state index contributed by atoms with van der Waals surface area (Å²) in [6, 6.07) is 7.79. The van der Waals surface area contributed by atoms with Gasteiger partial charge in [-0.25, -0.2) is 0 Å². The third kappa shape index (κ3) is 2.14. The molecule has 0 saturated carbocycles. The molecule has 0 atom stereocenters. The average Bonchev–Trinajstić information content (AvgIpc) is 2.79. The van der Waals surface area contributed by atoms with Gasteiger partial charge in [0.1, 0.15) is 5.75 Å². The van der Waals surface area contributed by atoms with Crippen LogP contribution in [0.1, 0.15) is 6.92 Å². The highest BCUT2D eigenvalue weighted by Crippen LogP contribution is 2.29. The lowest BCUT2D eigenvalue weighted by Gasteiger charge is -2.06. The Morgan fingerprint density at radius 3 is 2.88 bits per heavy atom. The SMILES string of the molecule is CCOc1ccccc1-c1nsc(NC)n1. The van der Waals surface area contributed by atoms with Crippen molar-refractivity contribution >= 4 is 16.7 Å². The number of nitrogens with zero attached hydrogens (tertiary/aromatic N) is 2. The summed E-state index contributed by atoms with van der Waals surface area (Å²) in [5.74, 6) is 1.53. The molecule has 0 saturated heterocycles. The van der Waals surface area contributed by atoms with E-state index in [1.54, 1.807) is 0 Å². The molecule has 0 fully saturated rings. The summed E-state index contributed by atoms with van der Waals surface area (Å²) in [5.41, 5.74) is 0.933. The number of aromatic nitrogens is 2. The van der Waals surface area contributed by atoms with Gasteiger partial charge in [0.15, 0.2) is 5.82 Å². The monoisotopic (exact) mass is 235 g/mol. The third-order valence-electron chi connectivity index (χ3n) is 2.07. The molecular formula is C11H13N3OS. The first-order chi connectivity index (χ1) is 7.85. The van der Waals surface area contributed by atoms with E-state index in [1.807, 2.05) is 38.2 Å². The summed E-state index contributed by atoms with van der Waals surface area (Å²) in [5, 5.41) is 3.78. The maximum atomic E-state index is 5.54. The van der Waals surface area contributed by atoms with E-state index in [0.29, 0.717) is 12.4 Å². The first kappa shape index (κ1) is 10.9. The lowest BCUT2D eigenvalue weighted by molar-refractivity contribution is 0.341. The van der Waals surface area contributed by atoms with E-state index in [2.05, 4.69) is 14.7 Å². The molecule has 1 heterocycles. The van der Waals surface area contributed by atoms with Crippen LogP contribution in [0.5, 0.6) is 5.75 Å². The maximum absolute atomic E-state index is 5.54. The lowest BCUT2D eigenvalue weighted by Crippen LogP contribution is -1.94. The molecule has 2 rings (SSSR count). The normalized spacial score (nSPS) is 10.1. The topological polar surface area (TPSA) is 47.0 Å². The van der Waals surface area contributed by atoms with Crippen molar-refractivity contribution in [1.82, 2.24) is 9.36 Å². The molecule has 0 unspecified atom stereocenters. The fraction of sp³-hybridized carbons (Fsp3) is 0.273. The van der Waals surface area contributed by atoms with E-state index >= 15 is 0 Å². The number of rotatable bonds is 4. The highest BCUT2D eigenvalue weighted by Gasteiger charge is 2.10. The lowest BCUT2D eigenvalue weighted by atomic mass is 10.2. The van der Waals surface area contributed by atoms with E-state index in [0.717, 1.165) is 16.4 Å². The number of benzene rings is 1. The molecule has 0 amide bonds. The number of ether oxygens (including phenoxy) is 1. The molecule has 0 bridgehead atoms. The molecule has 0 radical (unpaired) electrons. The molecule has 0 aliphatic rings. The Hall–Kier alpha value is -1.62. The van der Waals surface area contributed by atoms with Crippen molar-refractivity contribution in [3.05, 3.63) is 24.3 Å². The predicted molar refractivity (Wildman–Crippen MR) is 66.1 cm³/mol. The Labute approximate surface area is 98.5 Å². The second kappa shape index (κ2) is 4.94. The van der Waals surface area contributed by atoms with Gasteiger partial charge >= 0.3 is 0 Å². The van der Waals surface area contributed by atoms with E-state index in [9.17, 15) is 0 Å². The minimum Gasteiger partial charge on any atom is -0.493 e. The van der Waals surface area contributed by atoms with Crippen LogP contribution in [-0.2, 0) is 0 Å². The summed E-state index contributed by atoms with van der Waals surface area (Å²) in [7, 11) is 1.83. The van der Waals surface area contributed by atoms with Crippen LogP contribution in [0.3, 0.4) is 0 Å². The smallest absolute Gasteiger partial charge is 0.202 e. The van der Waals surface area contributed by atoms with Gasteiger partial charge in [-0.1, -0.05) is 12.1 Å². The second-order valence-electron chi connectivity index (χ2n) is 3.10. The minimum atomic E-state index is 0.639. The zero-order valence-electron chi connectivity index (χ0n) is 9.23. The fourth-order valence-electron chi connectivity index (χ4n) is 1.37. The predicted octanol–water partition coefficient (Wildman–Crippen LogP) is 2.65. The summed E-state index contributed by atoms with van der Waals surface area (Å²) in [6.45, 7) is 2.60. The first-order valence-corrected chi connectivity index (χ1v) is 5.86. The Balaban J connectivity index is 2.38. The van der Waals surface area contributed by atoms with Crippen LogP contribution in [0.15, 0.2) is 24.3 Å². The molecule has 2 aromatic rings. The highest BCUT2D eigenvalue weighted by atomic mass is 32.1. The standard InChI is InChI=1S/C11H13N3OS/c1-3-15-9-7-5-4-6-8(9)10-13-11(12-2)16-14-10/h4-7H,3H2,1-2H3,(H,12,13,14).